The van der Waals surface area contributed by atoms with Gasteiger partial charge in [-0.3, -0.25) is 30.6 Å². The zero-order valence-corrected chi connectivity index (χ0v) is 13.3. The van der Waals surface area contributed by atoms with Crippen LogP contribution in [0.25, 0.3) is 0 Å². The van der Waals surface area contributed by atoms with Gasteiger partial charge in [-0.25, -0.2) is 0 Å². The average molecular weight is 332 g/mol. The van der Waals surface area contributed by atoms with E-state index in [4.69, 9.17) is 4.42 Å². The maximum Gasteiger partial charge on any atom is 0.293 e. The standard InChI is InChI=1S/C15H16N4O5/c1-8-6-11(9(2)24-8)15(21)18-17-14(20)10-4-5-12(16-3)13(7-10)19(22)23/h4-7,16H,1-3H3,(H,17,20)(H,18,21). The van der Waals surface area contributed by atoms with Crippen molar-refractivity contribution in [3.05, 3.63) is 57.0 Å². The van der Waals surface area contributed by atoms with E-state index in [2.05, 4.69) is 16.2 Å². The second-order valence-corrected chi connectivity index (χ2v) is 4.97. The number of carbonyl (C=O) groups is 2. The van der Waals surface area contributed by atoms with Gasteiger partial charge in [0.05, 0.1) is 10.5 Å². The Morgan fingerprint density at radius 2 is 1.79 bits per heavy atom. The Balaban J connectivity index is 2.10. The summed E-state index contributed by atoms with van der Waals surface area (Å²) in [6.07, 6.45) is 0. The van der Waals surface area contributed by atoms with Crippen molar-refractivity contribution in [1.82, 2.24) is 10.9 Å². The van der Waals surface area contributed by atoms with Crippen LogP contribution in [0.2, 0.25) is 0 Å². The van der Waals surface area contributed by atoms with Gasteiger partial charge in [-0.2, -0.15) is 0 Å². The van der Waals surface area contributed by atoms with Crippen molar-refractivity contribution in [3.8, 4) is 0 Å². The summed E-state index contributed by atoms with van der Waals surface area (Å²) in [6, 6.07) is 5.50. The summed E-state index contributed by atoms with van der Waals surface area (Å²) in [6.45, 7) is 3.33. The largest absolute Gasteiger partial charge is 0.466 e. The first-order valence-electron chi connectivity index (χ1n) is 6.97. The summed E-state index contributed by atoms with van der Waals surface area (Å²) in [4.78, 5) is 34.4. The van der Waals surface area contributed by atoms with Crippen molar-refractivity contribution in [2.24, 2.45) is 0 Å². The van der Waals surface area contributed by atoms with E-state index >= 15 is 0 Å². The Morgan fingerprint density at radius 1 is 1.12 bits per heavy atom. The number of hydrogen-bond acceptors (Lipinski definition) is 6. The summed E-state index contributed by atoms with van der Waals surface area (Å²) in [5.74, 6) is -0.221. The predicted molar refractivity (Wildman–Crippen MR) is 85.8 cm³/mol. The van der Waals surface area contributed by atoms with Crippen molar-refractivity contribution < 1.29 is 18.9 Å². The van der Waals surface area contributed by atoms with E-state index in [0.29, 0.717) is 17.1 Å². The SMILES string of the molecule is CNc1ccc(C(=O)NNC(=O)c2cc(C)oc2C)cc1[N+](=O)[O-]. The number of furan rings is 1. The number of hydrogen-bond donors (Lipinski definition) is 3. The van der Waals surface area contributed by atoms with Crippen LogP contribution < -0.4 is 16.2 Å². The molecule has 0 radical (unpaired) electrons. The molecule has 0 unspecified atom stereocenters. The third-order valence-electron chi connectivity index (χ3n) is 3.30. The lowest BCUT2D eigenvalue weighted by molar-refractivity contribution is -0.384. The molecule has 0 atom stereocenters. The first-order chi connectivity index (χ1) is 11.3. The number of nitro benzene ring substituents is 1. The van der Waals surface area contributed by atoms with Gasteiger partial charge in [0.25, 0.3) is 17.5 Å². The Kier molecular flexibility index (Phi) is 4.83. The van der Waals surface area contributed by atoms with Crippen molar-refractivity contribution in [3.63, 3.8) is 0 Å². The van der Waals surface area contributed by atoms with Crippen LogP contribution >= 0.6 is 0 Å². The molecule has 2 rings (SSSR count). The number of aryl methyl sites for hydroxylation is 2. The topological polar surface area (TPSA) is 127 Å². The van der Waals surface area contributed by atoms with Crippen molar-refractivity contribution >= 4 is 23.2 Å². The molecule has 0 aliphatic heterocycles. The molecule has 3 N–H and O–H groups in total. The van der Waals surface area contributed by atoms with E-state index in [1.165, 1.54) is 19.2 Å². The first kappa shape index (κ1) is 17.0. The fourth-order valence-corrected chi connectivity index (χ4v) is 2.14. The number of rotatable bonds is 4. The number of nitrogens with zero attached hydrogens (tertiary/aromatic N) is 1. The minimum Gasteiger partial charge on any atom is -0.466 e. The number of benzene rings is 1. The molecule has 24 heavy (non-hydrogen) atoms. The van der Waals surface area contributed by atoms with E-state index < -0.39 is 16.7 Å². The molecule has 1 aromatic carbocycles. The molecule has 0 saturated carbocycles. The third kappa shape index (κ3) is 3.51. The van der Waals surface area contributed by atoms with Crippen LogP contribution in [-0.2, 0) is 0 Å². The normalized spacial score (nSPS) is 10.1. The van der Waals surface area contributed by atoms with E-state index in [-0.39, 0.29) is 16.9 Å². The molecular weight excluding hydrogens is 316 g/mol. The number of carbonyl (C=O) groups excluding carboxylic acids is 2. The van der Waals surface area contributed by atoms with Crippen LogP contribution in [0.5, 0.6) is 0 Å². The molecule has 1 heterocycles. The highest BCUT2D eigenvalue weighted by Crippen LogP contribution is 2.24. The van der Waals surface area contributed by atoms with Crippen molar-refractivity contribution in [2.75, 3.05) is 12.4 Å². The monoisotopic (exact) mass is 332 g/mol. The fourth-order valence-electron chi connectivity index (χ4n) is 2.14. The van der Waals surface area contributed by atoms with Gasteiger partial charge in [-0.1, -0.05) is 0 Å². The van der Waals surface area contributed by atoms with Gasteiger partial charge < -0.3 is 9.73 Å². The quantitative estimate of drug-likeness (QED) is 0.580. The fraction of sp³-hybridized carbons (Fsp3) is 0.200. The molecule has 1 aromatic heterocycles. The van der Waals surface area contributed by atoms with Gasteiger partial charge in [-0.15, -0.1) is 0 Å². The summed E-state index contributed by atoms with van der Waals surface area (Å²) >= 11 is 0. The summed E-state index contributed by atoms with van der Waals surface area (Å²) in [5.41, 5.74) is 4.84. The minimum absolute atomic E-state index is 0.0427. The lowest BCUT2D eigenvalue weighted by atomic mass is 10.1. The molecule has 0 fully saturated rings. The maximum absolute atomic E-state index is 12.1. The Bertz CT molecular complexity index is 812. The van der Waals surface area contributed by atoms with Crippen LogP contribution in [0, 0.1) is 24.0 Å². The summed E-state index contributed by atoms with van der Waals surface area (Å²) < 4.78 is 5.24. The number of anilines is 1. The maximum atomic E-state index is 12.1. The number of hydrazine groups is 1. The molecular formula is C15H16N4O5. The molecule has 2 aromatic rings. The lowest BCUT2D eigenvalue weighted by Crippen LogP contribution is -2.41. The molecule has 0 aliphatic rings. The Hall–Kier alpha value is -3.36. The van der Waals surface area contributed by atoms with E-state index in [1.54, 1.807) is 19.9 Å². The van der Waals surface area contributed by atoms with E-state index in [1.807, 2.05) is 0 Å². The molecule has 9 heteroatoms. The van der Waals surface area contributed by atoms with Crippen LogP contribution in [0.15, 0.2) is 28.7 Å². The number of nitro groups is 1. The zero-order valence-electron chi connectivity index (χ0n) is 13.3. The first-order valence-corrected chi connectivity index (χ1v) is 6.97. The lowest BCUT2D eigenvalue weighted by Gasteiger charge is -2.08. The van der Waals surface area contributed by atoms with Gasteiger partial charge >= 0.3 is 0 Å². The summed E-state index contributed by atoms with van der Waals surface area (Å²) in [7, 11) is 1.54. The molecule has 0 aliphatic carbocycles. The molecule has 126 valence electrons. The predicted octanol–water partition coefficient (Wildman–Crippen LogP) is 1.92. The molecule has 9 nitrogen and oxygen atoms in total. The third-order valence-corrected chi connectivity index (χ3v) is 3.30. The van der Waals surface area contributed by atoms with Crippen LogP contribution in [0.3, 0.4) is 0 Å². The van der Waals surface area contributed by atoms with Crippen LogP contribution in [-0.4, -0.2) is 23.8 Å². The van der Waals surface area contributed by atoms with Gasteiger partial charge in [-0.05, 0) is 32.0 Å². The second kappa shape index (κ2) is 6.82. The smallest absolute Gasteiger partial charge is 0.293 e. The van der Waals surface area contributed by atoms with Gasteiger partial charge in [0.15, 0.2) is 0 Å². The van der Waals surface area contributed by atoms with E-state index in [9.17, 15) is 19.7 Å². The Labute approximate surface area is 137 Å². The van der Waals surface area contributed by atoms with Crippen molar-refractivity contribution in [1.29, 1.82) is 0 Å². The zero-order chi connectivity index (χ0) is 17.9. The van der Waals surface area contributed by atoms with Gasteiger partial charge in [0.1, 0.15) is 17.2 Å². The van der Waals surface area contributed by atoms with Crippen molar-refractivity contribution in [2.45, 2.75) is 13.8 Å². The highest BCUT2D eigenvalue weighted by atomic mass is 16.6. The number of amides is 2. The Morgan fingerprint density at radius 3 is 2.33 bits per heavy atom. The molecule has 2 amide bonds. The highest BCUT2D eigenvalue weighted by Gasteiger charge is 2.18. The second-order valence-electron chi connectivity index (χ2n) is 4.97. The molecule has 0 spiro atoms. The van der Waals surface area contributed by atoms with Crippen LogP contribution in [0.4, 0.5) is 11.4 Å². The molecule has 0 saturated heterocycles. The number of nitrogens with one attached hydrogen (secondary N) is 3. The molecule has 0 bridgehead atoms. The summed E-state index contributed by atoms with van der Waals surface area (Å²) in [5, 5.41) is 13.7. The average Bonchev–Trinajstić information content (AvgIpc) is 2.90. The highest BCUT2D eigenvalue weighted by molar-refractivity contribution is 6.00. The van der Waals surface area contributed by atoms with Crippen LogP contribution in [0.1, 0.15) is 32.2 Å². The van der Waals surface area contributed by atoms with Gasteiger partial charge in [0, 0.05) is 18.7 Å². The van der Waals surface area contributed by atoms with Gasteiger partial charge in [0.2, 0.25) is 0 Å². The van der Waals surface area contributed by atoms with E-state index in [0.717, 1.165) is 6.07 Å². The minimum atomic E-state index is -0.674.